The summed E-state index contributed by atoms with van der Waals surface area (Å²) in [6.45, 7) is 5.11. The molecule has 0 aromatic carbocycles. The number of fused-ring (bicyclic) bond motifs is 1. The minimum Gasteiger partial charge on any atom is -0.299 e. The van der Waals surface area contributed by atoms with E-state index >= 15 is 0 Å². The lowest BCUT2D eigenvalue weighted by atomic mass is 10.4. The number of nitrogens with zero attached hydrogens (tertiary/aromatic N) is 7. The zero-order valence-corrected chi connectivity index (χ0v) is 12.3. The first kappa shape index (κ1) is 13.5. The third kappa shape index (κ3) is 2.44. The van der Waals surface area contributed by atoms with Crippen molar-refractivity contribution in [3.05, 3.63) is 34.5 Å². The molecule has 0 atom stereocenters. The maximum atomic E-state index is 12.3. The van der Waals surface area contributed by atoms with Crippen LogP contribution >= 0.6 is 0 Å². The van der Waals surface area contributed by atoms with E-state index in [0.717, 1.165) is 24.6 Å². The van der Waals surface area contributed by atoms with Crippen molar-refractivity contribution in [3.63, 3.8) is 0 Å². The number of hydrogen-bond donors (Lipinski definition) is 0. The van der Waals surface area contributed by atoms with E-state index in [2.05, 4.69) is 20.2 Å². The average Bonchev–Trinajstić information content (AvgIpc) is 2.96. The van der Waals surface area contributed by atoms with Crippen LogP contribution in [-0.4, -0.2) is 34.1 Å². The van der Waals surface area contributed by atoms with Gasteiger partial charge in [-0.3, -0.25) is 18.7 Å². The van der Waals surface area contributed by atoms with Gasteiger partial charge in [-0.1, -0.05) is 0 Å². The molecular weight excluding hydrogens is 270 g/mol. The van der Waals surface area contributed by atoms with Gasteiger partial charge in [0.2, 0.25) is 0 Å². The molecule has 8 nitrogen and oxygen atoms in total. The van der Waals surface area contributed by atoms with Crippen molar-refractivity contribution in [1.29, 1.82) is 0 Å². The highest BCUT2D eigenvalue weighted by molar-refractivity contribution is 5.72. The predicted molar refractivity (Wildman–Crippen MR) is 76.9 cm³/mol. The molecule has 0 N–H and O–H groups in total. The summed E-state index contributed by atoms with van der Waals surface area (Å²) in [5.41, 5.74) is 0.554. The van der Waals surface area contributed by atoms with Crippen molar-refractivity contribution in [1.82, 2.24) is 34.1 Å². The van der Waals surface area contributed by atoms with Gasteiger partial charge in [-0.2, -0.15) is 10.2 Å². The molecule has 3 heterocycles. The van der Waals surface area contributed by atoms with E-state index in [9.17, 15) is 4.79 Å². The monoisotopic (exact) mass is 287 g/mol. The molecule has 0 aliphatic heterocycles. The quantitative estimate of drug-likeness (QED) is 0.695. The molecule has 0 unspecified atom stereocenters. The summed E-state index contributed by atoms with van der Waals surface area (Å²) in [5, 5.41) is 8.91. The first-order chi connectivity index (χ1) is 10.1. The summed E-state index contributed by atoms with van der Waals surface area (Å²) in [6, 6.07) is 0. The highest BCUT2D eigenvalue weighted by Gasteiger charge is 2.08. The van der Waals surface area contributed by atoms with Gasteiger partial charge in [0.25, 0.3) is 5.56 Å². The summed E-state index contributed by atoms with van der Waals surface area (Å²) in [6.07, 6.45) is 3.93. The third-order valence-corrected chi connectivity index (χ3v) is 3.45. The number of rotatable bonds is 4. The topological polar surface area (TPSA) is 83.4 Å². The van der Waals surface area contributed by atoms with E-state index in [-0.39, 0.29) is 5.56 Å². The first-order valence-electron chi connectivity index (χ1n) is 6.81. The molecule has 0 aliphatic carbocycles. The van der Waals surface area contributed by atoms with Gasteiger partial charge in [0, 0.05) is 20.1 Å². The van der Waals surface area contributed by atoms with Crippen LogP contribution in [-0.2, 0) is 20.1 Å². The summed E-state index contributed by atoms with van der Waals surface area (Å²) in [7, 11) is 1.77. The van der Waals surface area contributed by atoms with Crippen molar-refractivity contribution < 1.29 is 0 Å². The van der Waals surface area contributed by atoms with Crippen LogP contribution in [0.2, 0.25) is 0 Å². The minimum absolute atomic E-state index is 0.0559. The van der Waals surface area contributed by atoms with Gasteiger partial charge >= 0.3 is 0 Å². The molecule has 0 bridgehead atoms. The fourth-order valence-electron chi connectivity index (χ4n) is 2.39. The van der Waals surface area contributed by atoms with E-state index in [1.54, 1.807) is 28.8 Å². The summed E-state index contributed by atoms with van der Waals surface area (Å²) >= 11 is 0. The first-order valence-corrected chi connectivity index (χ1v) is 6.81. The molecule has 0 spiro atoms. The van der Waals surface area contributed by atoms with Gasteiger partial charge in [-0.05, 0) is 20.3 Å². The van der Waals surface area contributed by atoms with Crippen LogP contribution in [0.3, 0.4) is 0 Å². The predicted octanol–water partition coefficient (Wildman–Crippen LogP) is 0.429. The van der Waals surface area contributed by atoms with Crippen LogP contribution < -0.4 is 5.56 Å². The number of aryl methyl sites for hydroxylation is 5. The molecule has 3 aromatic heterocycles. The smallest absolute Gasteiger partial charge is 0.264 e. The molecule has 0 radical (unpaired) electrons. The van der Waals surface area contributed by atoms with Crippen LogP contribution in [0.1, 0.15) is 18.1 Å². The fraction of sp³-hybridized carbons (Fsp3) is 0.462. The maximum Gasteiger partial charge on any atom is 0.264 e. The second-order valence-electron chi connectivity index (χ2n) is 5.03. The van der Waals surface area contributed by atoms with Crippen LogP contribution in [0.25, 0.3) is 11.0 Å². The van der Waals surface area contributed by atoms with Crippen LogP contribution in [0.4, 0.5) is 0 Å². The minimum atomic E-state index is -0.0559. The summed E-state index contributed by atoms with van der Waals surface area (Å²) < 4.78 is 5.07. The molecule has 21 heavy (non-hydrogen) atoms. The Morgan fingerprint density at radius 2 is 2.05 bits per heavy atom. The second kappa shape index (κ2) is 5.12. The normalized spacial score (nSPS) is 11.4. The lowest BCUT2D eigenvalue weighted by molar-refractivity contribution is 0.507. The standard InChI is InChI=1S/C13H17N7O/c1-9-16-10(2)20(17-9)6-4-5-19-8-14-12-11(13(19)21)7-15-18(12)3/h7-8H,4-6H2,1-3H3. The molecule has 0 amide bonds. The molecule has 8 heteroatoms. The van der Waals surface area contributed by atoms with E-state index in [4.69, 9.17) is 0 Å². The van der Waals surface area contributed by atoms with Gasteiger partial charge < -0.3 is 0 Å². The SMILES string of the molecule is Cc1nc(C)n(CCCn2cnc3c(cnn3C)c2=O)n1. The lowest BCUT2D eigenvalue weighted by Gasteiger charge is -2.06. The molecule has 3 aromatic rings. The van der Waals surface area contributed by atoms with Gasteiger partial charge in [-0.25, -0.2) is 9.97 Å². The van der Waals surface area contributed by atoms with Crippen molar-refractivity contribution in [3.8, 4) is 0 Å². The van der Waals surface area contributed by atoms with Crippen molar-refractivity contribution in [2.24, 2.45) is 7.05 Å². The van der Waals surface area contributed by atoms with Gasteiger partial charge in [0.1, 0.15) is 17.0 Å². The van der Waals surface area contributed by atoms with Crippen LogP contribution in [0, 0.1) is 13.8 Å². The van der Waals surface area contributed by atoms with Crippen molar-refractivity contribution in [2.75, 3.05) is 0 Å². The van der Waals surface area contributed by atoms with E-state index in [1.165, 1.54) is 0 Å². The number of aromatic nitrogens is 7. The maximum absolute atomic E-state index is 12.3. The van der Waals surface area contributed by atoms with E-state index < -0.39 is 0 Å². The van der Waals surface area contributed by atoms with E-state index in [0.29, 0.717) is 17.6 Å². The third-order valence-electron chi connectivity index (χ3n) is 3.45. The lowest BCUT2D eigenvalue weighted by Crippen LogP contribution is -2.21. The fourth-order valence-corrected chi connectivity index (χ4v) is 2.39. The summed E-state index contributed by atoms with van der Waals surface area (Å²) in [5.74, 6) is 1.66. The molecule has 3 rings (SSSR count). The second-order valence-corrected chi connectivity index (χ2v) is 5.03. The number of hydrogen-bond acceptors (Lipinski definition) is 5. The molecule has 0 aliphatic rings. The van der Waals surface area contributed by atoms with Gasteiger partial charge in [-0.15, -0.1) is 0 Å². The van der Waals surface area contributed by atoms with Gasteiger partial charge in [0.05, 0.1) is 12.5 Å². The Labute approximate surface area is 121 Å². The molecule has 0 fully saturated rings. The van der Waals surface area contributed by atoms with Crippen molar-refractivity contribution in [2.45, 2.75) is 33.4 Å². The largest absolute Gasteiger partial charge is 0.299 e. The molecule has 110 valence electrons. The Morgan fingerprint density at radius 1 is 1.24 bits per heavy atom. The molecule has 0 saturated carbocycles. The van der Waals surface area contributed by atoms with E-state index in [1.807, 2.05) is 18.5 Å². The Bertz CT molecular complexity index is 842. The average molecular weight is 287 g/mol. The molecule has 0 saturated heterocycles. The highest BCUT2D eigenvalue weighted by atomic mass is 16.1. The Hall–Kier alpha value is -2.51. The van der Waals surface area contributed by atoms with Crippen LogP contribution in [0.15, 0.2) is 17.3 Å². The van der Waals surface area contributed by atoms with Crippen molar-refractivity contribution >= 4 is 11.0 Å². The zero-order valence-electron chi connectivity index (χ0n) is 12.3. The Morgan fingerprint density at radius 3 is 2.76 bits per heavy atom. The molecular formula is C13H17N7O. The zero-order chi connectivity index (χ0) is 15.0. The Balaban J connectivity index is 1.75. The van der Waals surface area contributed by atoms with Gasteiger partial charge in [0.15, 0.2) is 5.65 Å². The summed E-state index contributed by atoms with van der Waals surface area (Å²) in [4.78, 5) is 20.8. The van der Waals surface area contributed by atoms with Crippen LogP contribution in [0.5, 0.6) is 0 Å². The highest BCUT2D eigenvalue weighted by Crippen LogP contribution is 2.04. The Kier molecular flexibility index (Phi) is 3.28.